The minimum absolute atomic E-state index is 0.221. The highest BCUT2D eigenvalue weighted by Crippen LogP contribution is 2.18. The van der Waals surface area contributed by atoms with Crippen molar-refractivity contribution >= 4 is 0 Å². The summed E-state index contributed by atoms with van der Waals surface area (Å²) < 4.78 is 2.25. The molecule has 1 aromatic heterocycles. The first kappa shape index (κ1) is 13.9. The third-order valence-electron chi connectivity index (χ3n) is 3.55. The summed E-state index contributed by atoms with van der Waals surface area (Å²) in [6.45, 7) is 9.53. The van der Waals surface area contributed by atoms with Gasteiger partial charge in [0.1, 0.15) is 0 Å². The standard InChI is InChI=1S/C17H24N2/c1-12-7-13(2)17(14(3)8-12)11-19-6-5-16(10-19)9-15(4)18/h5-8,10,15H,9,11,18H2,1-4H3. The van der Waals surface area contributed by atoms with E-state index in [-0.39, 0.29) is 6.04 Å². The van der Waals surface area contributed by atoms with Crippen molar-refractivity contribution in [2.24, 2.45) is 5.73 Å². The van der Waals surface area contributed by atoms with Gasteiger partial charge in [-0.1, -0.05) is 17.7 Å². The molecular weight excluding hydrogens is 232 g/mol. The fraction of sp³-hybridized carbons (Fsp3) is 0.412. The predicted molar refractivity (Wildman–Crippen MR) is 81.5 cm³/mol. The number of nitrogens with two attached hydrogens (primary N) is 1. The van der Waals surface area contributed by atoms with E-state index in [0.717, 1.165) is 13.0 Å². The lowest BCUT2D eigenvalue weighted by Gasteiger charge is -2.12. The van der Waals surface area contributed by atoms with Gasteiger partial charge < -0.3 is 10.3 Å². The lowest BCUT2D eigenvalue weighted by Crippen LogP contribution is -2.17. The number of rotatable bonds is 4. The molecule has 0 aliphatic rings. The average Bonchev–Trinajstić information content (AvgIpc) is 2.70. The third kappa shape index (κ3) is 3.48. The third-order valence-corrected chi connectivity index (χ3v) is 3.55. The Balaban J connectivity index is 2.19. The first-order valence-corrected chi connectivity index (χ1v) is 6.92. The van der Waals surface area contributed by atoms with Crippen molar-refractivity contribution in [2.75, 3.05) is 0 Å². The van der Waals surface area contributed by atoms with Crippen molar-refractivity contribution in [1.82, 2.24) is 4.57 Å². The van der Waals surface area contributed by atoms with Gasteiger partial charge in [0.15, 0.2) is 0 Å². The van der Waals surface area contributed by atoms with Crippen LogP contribution in [0.15, 0.2) is 30.6 Å². The molecule has 0 amide bonds. The van der Waals surface area contributed by atoms with Gasteiger partial charge in [-0.15, -0.1) is 0 Å². The summed E-state index contributed by atoms with van der Waals surface area (Å²) in [5.41, 5.74) is 12.7. The molecule has 2 N–H and O–H groups in total. The zero-order valence-corrected chi connectivity index (χ0v) is 12.4. The zero-order valence-electron chi connectivity index (χ0n) is 12.4. The molecule has 0 bridgehead atoms. The van der Waals surface area contributed by atoms with Crippen LogP contribution in [0.2, 0.25) is 0 Å². The van der Waals surface area contributed by atoms with Crippen molar-refractivity contribution in [3.05, 3.63) is 58.4 Å². The molecule has 0 spiro atoms. The Morgan fingerprint density at radius 3 is 2.37 bits per heavy atom. The molecule has 0 aliphatic heterocycles. The summed E-state index contributed by atoms with van der Waals surface area (Å²) in [5, 5.41) is 0. The molecule has 0 radical (unpaired) electrons. The lowest BCUT2D eigenvalue weighted by atomic mass is 10.00. The number of aryl methyl sites for hydroxylation is 3. The molecule has 0 aliphatic carbocycles. The molecule has 0 saturated heterocycles. The molecule has 2 nitrogen and oxygen atoms in total. The fourth-order valence-corrected chi connectivity index (χ4v) is 2.72. The number of hydrogen-bond donors (Lipinski definition) is 1. The first-order chi connectivity index (χ1) is 8.95. The SMILES string of the molecule is Cc1cc(C)c(Cn2ccc(CC(C)N)c2)c(C)c1. The van der Waals surface area contributed by atoms with Crippen LogP contribution in [-0.4, -0.2) is 10.6 Å². The van der Waals surface area contributed by atoms with Gasteiger partial charge in [0.25, 0.3) is 0 Å². The average molecular weight is 256 g/mol. The highest BCUT2D eigenvalue weighted by atomic mass is 14.9. The Kier molecular flexibility index (Phi) is 4.11. The van der Waals surface area contributed by atoms with Gasteiger partial charge in [-0.3, -0.25) is 0 Å². The Morgan fingerprint density at radius 2 is 1.79 bits per heavy atom. The Hall–Kier alpha value is -1.54. The van der Waals surface area contributed by atoms with Crippen LogP contribution in [0.4, 0.5) is 0 Å². The highest BCUT2D eigenvalue weighted by molar-refractivity contribution is 5.37. The largest absolute Gasteiger partial charge is 0.350 e. The quantitative estimate of drug-likeness (QED) is 0.893. The summed E-state index contributed by atoms with van der Waals surface area (Å²) in [4.78, 5) is 0. The van der Waals surface area contributed by atoms with E-state index >= 15 is 0 Å². The second-order valence-electron chi connectivity index (χ2n) is 5.75. The van der Waals surface area contributed by atoms with Gasteiger partial charge in [-0.05, 0) is 62.4 Å². The second kappa shape index (κ2) is 5.62. The van der Waals surface area contributed by atoms with Crippen LogP contribution >= 0.6 is 0 Å². The minimum Gasteiger partial charge on any atom is -0.350 e. The molecule has 2 rings (SSSR count). The van der Waals surface area contributed by atoms with E-state index in [2.05, 4.69) is 55.9 Å². The van der Waals surface area contributed by atoms with Crippen molar-refractivity contribution < 1.29 is 0 Å². The number of hydrogen-bond acceptors (Lipinski definition) is 1. The topological polar surface area (TPSA) is 30.9 Å². The molecule has 2 heteroatoms. The summed E-state index contributed by atoms with van der Waals surface area (Å²) >= 11 is 0. The molecule has 1 atom stereocenters. The van der Waals surface area contributed by atoms with Crippen molar-refractivity contribution in [3.63, 3.8) is 0 Å². The lowest BCUT2D eigenvalue weighted by molar-refractivity contribution is 0.731. The second-order valence-corrected chi connectivity index (χ2v) is 5.75. The van der Waals surface area contributed by atoms with Gasteiger partial charge in [-0.25, -0.2) is 0 Å². The van der Waals surface area contributed by atoms with E-state index in [4.69, 9.17) is 5.73 Å². The predicted octanol–water partition coefficient (Wildman–Crippen LogP) is 3.35. The van der Waals surface area contributed by atoms with Crippen LogP contribution in [-0.2, 0) is 13.0 Å². The zero-order chi connectivity index (χ0) is 14.0. The van der Waals surface area contributed by atoms with Crippen LogP contribution in [0.3, 0.4) is 0 Å². The number of nitrogens with zero attached hydrogens (tertiary/aromatic N) is 1. The van der Waals surface area contributed by atoms with E-state index < -0.39 is 0 Å². The van der Waals surface area contributed by atoms with E-state index in [0.29, 0.717) is 0 Å². The maximum atomic E-state index is 5.84. The summed E-state index contributed by atoms with van der Waals surface area (Å²) in [7, 11) is 0. The smallest absolute Gasteiger partial charge is 0.0475 e. The van der Waals surface area contributed by atoms with Gasteiger partial charge in [0.2, 0.25) is 0 Å². The van der Waals surface area contributed by atoms with Crippen molar-refractivity contribution in [3.8, 4) is 0 Å². The van der Waals surface area contributed by atoms with Gasteiger partial charge in [-0.2, -0.15) is 0 Å². The van der Waals surface area contributed by atoms with Gasteiger partial charge >= 0.3 is 0 Å². The summed E-state index contributed by atoms with van der Waals surface area (Å²) in [5.74, 6) is 0. The fourth-order valence-electron chi connectivity index (χ4n) is 2.72. The molecule has 0 saturated carbocycles. The normalized spacial score (nSPS) is 12.7. The van der Waals surface area contributed by atoms with Crippen molar-refractivity contribution in [2.45, 2.75) is 46.7 Å². The molecule has 19 heavy (non-hydrogen) atoms. The monoisotopic (exact) mass is 256 g/mol. The van der Waals surface area contributed by atoms with Crippen LogP contribution in [0.5, 0.6) is 0 Å². The molecule has 0 fully saturated rings. The Morgan fingerprint density at radius 1 is 1.16 bits per heavy atom. The van der Waals surface area contributed by atoms with Gasteiger partial charge in [0, 0.05) is 25.0 Å². The molecule has 1 heterocycles. The molecule has 2 aromatic rings. The molecule has 102 valence electrons. The number of aromatic nitrogens is 1. The molecular formula is C17H24N2. The van der Waals surface area contributed by atoms with Crippen LogP contribution in [0.1, 0.15) is 34.7 Å². The maximum Gasteiger partial charge on any atom is 0.0475 e. The maximum absolute atomic E-state index is 5.84. The van der Waals surface area contributed by atoms with E-state index in [1.165, 1.54) is 27.8 Å². The van der Waals surface area contributed by atoms with Crippen LogP contribution in [0.25, 0.3) is 0 Å². The van der Waals surface area contributed by atoms with E-state index in [1.54, 1.807) is 0 Å². The van der Waals surface area contributed by atoms with E-state index in [9.17, 15) is 0 Å². The highest BCUT2D eigenvalue weighted by Gasteiger charge is 2.06. The Labute approximate surface area is 116 Å². The first-order valence-electron chi connectivity index (χ1n) is 6.92. The van der Waals surface area contributed by atoms with E-state index in [1.807, 2.05) is 6.92 Å². The van der Waals surface area contributed by atoms with Gasteiger partial charge in [0.05, 0.1) is 0 Å². The van der Waals surface area contributed by atoms with Crippen LogP contribution < -0.4 is 5.73 Å². The minimum atomic E-state index is 0.221. The summed E-state index contributed by atoms with van der Waals surface area (Å²) in [6.07, 6.45) is 5.30. The summed E-state index contributed by atoms with van der Waals surface area (Å²) in [6, 6.07) is 6.91. The van der Waals surface area contributed by atoms with Crippen LogP contribution in [0, 0.1) is 20.8 Å². The number of benzene rings is 1. The molecule has 1 aromatic carbocycles. The molecule has 1 unspecified atom stereocenters. The van der Waals surface area contributed by atoms with Crippen molar-refractivity contribution in [1.29, 1.82) is 0 Å². The Bertz CT molecular complexity index is 541.